The summed E-state index contributed by atoms with van der Waals surface area (Å²) in [5, 5.41) is 4.04. The maximum atomic E-state index is 12.4. The van der Waals surface area contributed by atoms with Crippen molar-refractivity contribution >= 4 is 33.4 Å². The molecule has 1 aromatic heterocycles. The average Bonchev–Trinajstić information content (AvgIpc) is 2.86. The molecule has 0 spiro atoms. The summed E-state index contributed by atoms with van der Waals surface area (Å²) in [6.45, 7) is 2.64. The molecular formula is C14H16BrN3OS. The molecule has 2 rings (SSSR count). The molecule has 0 radical (unpaired) electrons. The molecule has 6 heteroatoms. The number of aromatic nitrogens is 2. The van der Waals surface area contributed by atoms with Crippen LogP contribution in [0.5, 0.6) is 0 Å². The Bertz CT molecular complexity index is 600. The number of hydrogen-bond donors (Lipinski definition) is 0. The quantitative estimate of drug-likeness (QED) is 0.825. The lowest BCUT2D eigenvalue weighted by Crippen LogP contribution is -2.26. The SMILES string of the molecule is CCCc1nnsc1C(=O)N(C)Cc1cccc(Br)c1. The molecule has 0 saturated heterocycles. The molecule has 0 bridgehead atoms. The largest absolute Gasteiger partial charge is 0.337 e. The average molecular weight is 354 g/mol. The zero-order valence-electron chi connectivity index (χ0n) is 11.5. The van der Waals surface area contributed by atoms with Gasteiger partial charge in [0.2, 0.25) is 0 Å². The van der Waals surface area contributed by atoms with Crippen molar-refractivity contribution in [3.8, 4) is 0 Å². The van der Waals surface area contributed by atoms with Crippen LogP contribution in [0.3, 0.4) is 0 Å². The fraction of sp³-hybridized carbons (Fsp3) is 0.357. The third-order valence-electron chi connectivity index (χ3n) is 2.89. The Morgan fingerprint density at radius 2 is 2.25 bits per heavy atom. The summed E-state index contributed by atoms with van der Waals surface area (Å²) in [4.78, 5) is 14.8. The van der Waals surface area contributed by atoms with Crippen molar-refractivity contribution in [2.45, 2.75) is 26.3 Å². The third kappa shape index (κ3) is 3.64. The first-order chi connectivity index (χ1) is 9.61. The van der Waals surface area contributed by atoms with E-state index in [1.54, 1.807) is 11.9 Å². The summed E-state index contributed by atoms with van der Waals surface area (Å²) >= 11 is 4.62. The Morgan fingerprint density at radius 3 is 2.95 bits per heavy atom. The van der Waals surface area contributed by atoms with Gasteiger partial charge in [-0.05, 0) is 35.6 Å². The van der Waals surface area contributed by atoms with Gasteiger partial charge in [0, 0.05) is 18.1 Å². The van der Waals surface area contributed by atoms with Crippen LogP contribution >= 0.6 is 27.5 Å². The van der Waals surface area contributed by atoms with Gasteiger partial charge in [-0.15, -0.1) is 5.10 Å². The summed E-state index contributed by atoms with van der Waals surface area (Å²) < 4.78 is 4.92. The van der Waals surface area contributed by atoms with Crippen molar-refractivity contribution in [3.05, 3.63) is 44.9 Å². The predicted molar refractivity (Wildman–Crippen MR) is 83.8 cm³/mol. The van der Waals surface area contributed by atoms with Gasteiger partial charge in [-0.25, -0.2) is 0 Å². The molecule has 1 aromatic carbocycles. The summed E-state index contributed by atoms with van der Waals surface area (Å²) in [7, 11) is 1.80. The molecule has 0 aliphatic rings. The van der Waals surface area contributed by atoms with Crippen LogP contribution < -0.4 is 0 Å². The van der Waals surface area contributed by atoms with Gasteiger partial charge >= 0.3 is 0 Å². The van der Waals surface area contributed by atoms with E-state index in [0.717, 1.165) is 28.6 Å². The van der Waals surface area contributed by atoms with Crippen molar-refractivity contribution in [2.24, 2.45) is 0 Å². The molecule has 0 aliphatic heterocycles. The first-order valence-electron chi connectivity index (χ1n) is 6.43. The van der Waals surface area contributed by atoms with E-state index in [1.165, 1.54) is 11.5 Å². The van der Waals surface area contributed by atoms with Crippen LogP contribution in [0.15, 0.2) is 28.7 Å². The number of benzene rings is 1. The maximum Gasteiger partial charge on any atom is 0.267 e. The molecular weight excluding hydrogens is 338 g/mol. The second-order valence-corrected chi connectivity index (χ2v) is 6.26. The van der Waals surface area contributed by atoms with Crippen LogP contribution in [0.25, 0.3) is 0 Å². The van der Waals surface area contributed by atoms with Gasteiger partial charge in [0.1, 0.15) is 4.88 Å². The third-order valence-corrected chi connectivity index (χ3v) is 4.14. The molecule has 0 N–H and O–H groups in total. The highest BCUT2D eigenvalue weighted by Gasteiger charge is 2.19. The molecule has 1 heterocycles. The molecule has 0 fully saturated rings. The number of hydrogen-bond acceptors (Lipinski definition) is 4. The topological polar surface area (TPSA) is 46.1 Å². The van der Waals surface area contributed by atoms with Gasteiger partial charge in [0.05, 0.1) is 5.69 Å². The minimum Gasteiger partial charge on any atom is -0.337 e. The van der Waals surface area contributed by atoms with E-state index in [9.17, 15) is 4.79 Å². The standard InChI is InChI=1S/C14H16BrN3OS/c1-3-5-12-13(20-17-16-12)14(19)18(2)9-10-6-4-7-11(15)8-10/h4,6-8H,3,5,9H2,1-2H3. The number of carbonyl (C=O) groups excluding carboxylic acids is 1. The van der Waals surface area contributed by atoms with Gasteiger partial charge in [-0.1, -0.05) is 45.9 Å². The lowest BCUT2D eigenvalue weighted by atomic mass is 10.2. The minimum absolute atomic E-state index is 0.0107. The van der Waals surface area contributed by atoms with Gasteiger partial charge in [0.15, 0.2) is 0 Å². The van der Waals surface area contributed by atoms with Crippen molar-refractivity contribution < 1.29 is 4.79 Å². The summed E-state index contributed by atoms with van der Waals surface area (Å²) in [5.41, 5.74) is 1.90. The fourth-order valence-corrected chi connectivity index (χ4v) is 3.08. The Kier molecular flexibility index (Phi) is 5.25. The van der Waals surface area contributed by atoms with Crippen LogP contribution in [0.4, 0.5) is 0 Å². The number of nitrogens with zero attached hydrogens (tertiary/aromatic N) is 3. The van der Waals surface area contributed by atoms with Crippen molar-refractivity contribution in [1.29, 1.82) is 0 Å². The van der Waals surface area contributed by atoms with Crippen molar-refractivity contribution in [2.75, 3.05) is 7.05 Å². The van der Waals surface area contributed by atoms with E-state index >= 15 is 0 Å². The normalized spacial score (nSPS) is 10.6. The Morgan fingerprint density at radius 1 is 1.45 bits per heavy atom. The zero-order chi connectivity index (χ0) is 14.5. The van der Waals surface area contributed by atoms with E-state index in [2.05, 4.69) is 32.4 Å². The highest BCUT2D eigenvalue weighted by molar-refractivity contribution is 9.10. The van der Waals surface area contributed by atoms with Gasteiger partial charge in [0.25, 0.3) is 5.91 Å². The molecule has 4 nitrogen and oxygen atoms in total. The first-order valence-corrected chi connectivity index (χ1v) is 7.99. The Balaban J connectivity index is 2.10. The van der Waals surface area contributed by atoms with Crippen molar-refractivity contribution in [1.82, 2.24) is 14.5 Å². The van der Waals surface area contributed by atoms with Gasteiger partial charge in [-0.3, -0.25) is 4.79 Å². The smallest absolute Gasteiger partial charge is 0.267 e. The van der Waals surface area contributed by atoms with Crippen LogP contribution in [-0.2, 0) is 13.0 Å². The van der Waals surface area contributed by atoms with E-state index in [4.69, 9.17) is 0 Å². The summed E-state index contributed by atoms with van der Waals surface area (Å²) in [6, 6.07) is 7.96. The van der Waals surface area contributed by atoms with E-state index in [1.807, 2.05) is 24.3 Å². The minimum atomic E-state index is -0.0107. The first kappa shape index (κ1) is 15.1. The second-order valence-electron chi connectivity index (χ2n) is 4.59. The molecule has 106 valence electrons. The molecule has 0 aliphatic carbocycles. The number of amides is 1. The van der Waals surface area contributed by atoms with Crippen LogP contribution in [0, 0.1) is 0 Å². The lowest BCUT2D eigenvalue weighted by molar-refractivity contribution is 0.0788. The summed E-state index contributed by atoms with van der Waals surface area (Å²) in [6.07, 6.45) is 1.75. The fourth-order valence-electron chi connectivity index (χ4n) is 1.93. The predicted octanol–water partition coefficient (Wildman–Crippen LogP) is 3.53. The number of aryl methyl sites for hydroxylation is 1. The Hall–Kier alpha value is -1.27. The van der Waals surface area contributed by atoms with Crippen LogP contribution in [0.1, 0.15) is 34.3 Å². The maximum absolute atomic E-state index is 12.4. The van der Waals surface area contributed by atoms with Crippen molar-refractivity contribution in [3.63, 3.8) is 0 Å². The molecule has 20 heavy (non-hydrogen) atoms. The van der Waals surface area contributed by atoms with E-state index < -0.39 is 0 Å². The monoisotopic (exact) mass is 353 g/mol. The van der Waals surface area contributed by atoms with Crippen LogP contribution in [0.2, 0.25) is 0 Å². The molecule has 2 aromatic rings. The second kappa shape index (κ2) is 6.95. The number of halogens is 1. The molecule has 1 amide bonds. The molecule has 0 atom stereocenters. The highest BCUT2D eigenvalue weighted by atomic mass is 79.9. The highest BCUT2D eigenvalue weighted by Crippen LogP contribution is 2.17. The van der Waals surface area contributed by atoms with E-state index in [0.29, 0.717) is 11.4 Å². The number of carbonyl (C=O) groups is 1. The number of rotatable bonds is 5. The Labute approximate surface area is 131 Å². The van der Waals surface area contributed by atoms with Crippen LogP contribution in [-0.4, -0.2) is 27.4 Å². The summed E-state index contributed by atoms with van der Waals surface area (Å²) in [5.74, 6) is -0.0107. The van der Waals surface area contributed by atoms with Gasteiger partial charge < -0.3 is 4.90 Å². The molecule has 0 saturated carbocycles. The van der Waals surface area contributed by atoms with Gasteiger partial charge in [-0.2, -0.15) is 0 Å². The zero-order valence-corrected chi connectivity index (χ0v) is 13.9. The lowest BCUT2D eigenvalue weighted by Gasteiger charge is -2.16. The molecule has 0 unspecified atom stereocenters. The van der Waals surface area contributed by atoms with E-state index in [-0.39, 0.29) is 5.91 Å².